The quantitative estimate of drug-likeness (QED) is 0.754. The maximum absolute atomic E-state index is 12.1. The maximum Gasteiger partial charge on any atom is 0.260 e. The van der Waals surface area contributed by atoms with Crippen molar-refractivity contribution in [3.63, 3.8) is 0 Å². The minimum Gasteiger partial charge on any atom is -0.493 e. The number of nitrogens with zero attached hydrogens (tertiary/aromatic N) is 1. The standard InChI is InChI=1S/C18H19N3O3/c1-11(12-8-9-15(23-2)16(10-12)24-3)19-18-20-14-7-5-4-6-13(14)17(22)21-18/h4-11H,1-3H3,(H2,19,20,21,22). The molecule has 0 radical (unpaired) electrons. The zero-order valence-electron chi connectivity index (χ0n) is 13.8. The summed E-state index contributed by atoms with van der Waals surface area (Å²) in [4.78, 5) is 19.4. The van der Waals surface area contributed by atoms with Crippen molar-refractivity contribution < 1.29 is 9.47 Å². The van der Waals surface area contributed by atoms with Crippen LogP contribution in [0.5, 0.6) is 11.5 Å². The van der Waals surface area contributed by atoms with Crippen LogP contribution in [0.4, 0.5) is 5.95 Å². The van der Waals surface area contributed by atoms with Crippen molar-refractivity contribution in [2.75, 3.05) is 19.5 Å². The number of rotatable bonds is 5. The lowest BCUT2D eigenvalue weighted by Gasteiger charge is -2.17. The Morgan fingerprint density at radius 1 is 1.08 bits per heavy atom. The number of aromatic amines is 1. The highest BCUT2D eigenvalue weighted by Gasteiger charge is 2.12. The van der Waals surface area contributed by atoms with Crippen molar-refractivity contribution >= 4 is 16.9 Å². The Morgan fingerprint density at radius 2 is 1.83 bits per heavy atom. The topological polar surface area (TPSA) is 76.2 Å². The molecule has 3 aromatic rings. The van der Waals surface area contributed by atoms with Crippen molar-refractivity contribution in [3.8, 4) is 11.5 Å². The smallest absolute Gasteiger partial charge is 0.260 e. The number of hydrogen-bond donors (Lipinski definition) is 2. The third-order valence-corrected chi connectivity index (χ3v) is 3.87. The van der Waals surface area contributed by atoms with Gasteiger partial charge in [-0.25, -0.2) is 4.98 Å². The summed E-state index contributed by atoms with van der Waals surface area (Å²) in [6.45, 7) is 1.98. The van der Waals surface area contributed by atoms with Gasteiger partial charge in [-0.05, 0) is 36.8 Å². The normalized spacial score (nSPS) is 12.0. The van der Waals surface area contributed by atoms with Crippen LogP contribution in [-0.4, -0.2) is 24.2 Å². The van der Waals surface area contributed by atoms with Crippen LogP contribution in [0.1, 0.15) is 18.5 Å². The zero-order valence-corrected chi connectivity index (χ0v) is 13.8. The molecule has 1 atom stereocenters. The Balaban J connectivity index is 1.89. The summed E-state index contributed by atoms with van der Waals surface area (Å²) >= 11 is 0. The second kappa shape index (κ2) is 6.62. The molecule has 0 amide bonds. The number of methoxy groups -OCH3 is 2. The summed E-state index contributed by atoms with van der Waals surface area (Å²) in [5.41, 5.74) is 1.48. The van der Waals surface area contributed by atoms with Gasteiger partial charge < -0.3 is 14.8 Å². The molecule has 0 aliphatic rings. The van der Waals surface area contributed by atoms with E-state index in [0.29, 0.717) is 28.4 Å². The molecule has 3 rings (SSSR count). The number of nitrogens with one attached hydrogen (secondary N) is 2. The van der Waals surface area contributed by atoms with Gasteiger partial charge in [0.15, 0.2) is 11.5 Å². The number of hydrogen-bond acceptors (Lipinski definition) is 5. The van der Waals surface area contributed by atoms with Crippen molar-refractivity contribution in [3.05, 3.63) is 58.4 Å². The van der Waals surface area contributed by atoms with Gasteiger partial charge in [-0.1, -0.05) is 18.2 Å². The highest BCUT2D eigenvalue weighted by molar-refractivity contribution is 5.78. The SMILES string of the molecule is COc1ccc(C(C)Nc2nc3ccccc3c(=O)[nH]2)cc1OC. The summed E-state index contributed by atoms with van der Waals surface area (Å²) in [6.07, 6.45) is 0. The van der Waals surface area contributed by atoms with E-state index in [2.05, 4.69) is 15.3 Å². The first kappa shape index (κ1) is 15.9. The lowest BCUT2D eigenvalue weighted by molar-refractivity contribution is 0.354. The number of anilines is 1. The van der Waals surface area contributed by atoms with Crippen molar-refractivity contribution in [2.45, 2.75) is 13.0 Å². The summed E-state index contributed by atoms with van der Waals surface area (Å²) in [6, 6.07) is 12.9. The lowest BCUT2D eigenvalue weighted by Crippen LogP contribution is -2.15. The van der Waals surface area contributed by atoms with Crippen molar-refractivity contribution in [1.82, 2.24) is 9.97 Å². The predicted octanol–water partition coefficient (Wildman–Crippen LogP) is 3.11. The second-order valence-electron chi connectivity index (χ2n) is 5.41. The van der Waals surface area contributed by atoms with E-state index in [1.807, 2.05) is 43.3 Å². The summed E-state index contributed by atoms with van der Waals surface area (Å²) in [5.74, 6) is 1.76. The van der Waals surface area contributed by atoms with Crippen LogP contribution in [0.25, 0.3) is 10.9 Å². The number of H-pyrrole nitrogens is 1. The average molecular weight is 325 g/mol. The molecule has 0 fully saturated rings. The van der Waals surface area contributed by atoms with E-state index in [-0.39, 0.29) is 11.6 Å². The molecule has 0 aliphatic carbocycles. The number of benzene rings is 2. The molecule has 0 saturated carbocycles. The van der Waals surface area contributed by atoms with Crippen LogP contribution in [-0.2, 0) is 0 Å². The van der Waals surface area contributed by atoms with E-state index in [9.17, 15) is 4.79 Å². The van der Waals surface area contributed by atoms with E-state index in [1.54, 1.807) is 20.3 Å². The molecule has 6 heteroatoms. The Labute approximate surface area is 139 Å². The highest BCUT2D eigenvalue weighted by Crippen LogP contribution is 2.30. The monoisotopic (exact) mass is 325 g/mol. The molecule has 24 heavy (non-hydrogen) atoms. The van der Waals surface area contributed by atoms with Gasteiger partial charge in [-0.15, -0.1) is 0 Å². The van der Waals surface area contributed by atoms with Gasteiger partial charge in [0, 0.05) is 0 Å². The Morgan fingerprint density at radius 3 is 2.58 bits per heavy atom. The molecule has 0 saturated heterocycles. The predicted molar refractivity (Wildman–Crippen MR) is 93.9 cm³/mol. The third-order valence-electron chi connectivity index (χ3n) is 3.87. The molecule has 1 aromatic heterocycles. The maximum atomic E-state index is 12.1. The number of aromatic nitrogens is 2. The van der Waals surface area contributed by atoms with Crippen LogP contribution in [0.2, 0.25) is 0 Å². The van der Waals surface area contributed by atoms with Crippen LogP contribution >= 0.6 is 0 Å². The van der Waals surface area contributed by atoms with Crippen LogP contribution in [0.3, 0.4) is 0 Å². The van der Waals surface area contributed by atoms with E-state index in [0.717, 1.165) is 5.56 Å². The fourth-order valence-electron chi connectivity index (χ4n) is 2.57. The molecule has 0 spiro atoms. The van der Waals surface area contributed by atoms with Crippen LogP contribution in [0.15, 0.2) is 47.3 Å². The first-order valence-electron chi connectivity index (χ1n) is 7.60. The molecular formula is C18H19N3O3. The van der Waals surface area contributed by atoms with E-state index in [4.69, 9.17) is 9.47 Å². The van der Waals surface area contributed by atoms with Gasteiger partial charge in [0.25, 0.3) is 5.56 Å². The highest BCUT2D eigenvalue weighted by atomic mass is 16.5. The van der Waals surface area contributed by atoms with Gasteiger partial charge in [0.05, 0.1) is 31.2 Å². The molecule has 124 valence electrons. The zero-order chi connectivity index (χ0) is 17.1. The second-order valence-corrected chi connectivity index (χ2v) is 5.41. The minimum absolute atomic E-state index is 0.0749. The van der Waals surface area contributed by atoms with E-state index < -0.39 is 0 Å². The Bertz CT molecular complexity index is 921. The molecule has 6 nitrogen and oxygen atoms in total. The summed E-state index contributed by atoms with van der Waals surface area (Å²) < 4.78 is 10.6. The fourth-order valence-corrected chi connectivity index (χ4v) is 2.57. The fraction of sp³-hybridized carbons (Fsp3) is 0.222. The molecule has 0 bridgehead atoms. The van der Waals surface area contributed by atoms with Gasteiger partial charge in [0.1, 0.15) is 0 Å². The average Bonchev–Trinajstić information content (AvgIpc) is 2.61. The lowest BCUT2D eigenvalue weighted by atomic mass is 10.1. The van der Waals surface area contributed by atoms with Gasteiger partial charge in [-0.3, -0.25) is 9.78 Å². The molecular weight excluding hydrogens is 306 g/mol. The van der Waals surface area contributed by atoms with Crippen LogP contribution in [0, 0.1) is 0 Å². The largest absolute Gasteiger partial charge is 0.493 e. The Hall–Kier alpha value is -3.02. The summed E-state index contributed by atoms with van der Waals surface area (Å²) in [7, 11) is 3.20. The molecule has 2 aromatic carbocycles. The number of ether oxygens (including phenoxy) is 2. The molecule has 2 N–H and O–H groups in total. The third kappa shape index (κ3) is 3.03. The Kier molecular flexibility index (Phi) is 4.37. The van der Waals surface area contributed by atoms with Crippen LogP contribution < -0.4 is 20.3 Å². The first-order valence-corrected chi connectivity index (χ1v) is 7.60. The van der Waals surface area contributed by atoms with Crippen molar-refractivity contribution in [2.24, 2.45) is 0 Å². The number of fused-ring (bicyclic) bond motifs is 1. The van der Waals surface area contributed by atoms with E-state index in [1.165, 1.54) is 0 Å². The van der Waals surface area contributed by atoms with E-state index >= 15 is 0 Å². The molecule has 1 heterocycles. The van der Waals surface area contributed by atoms with Gasteiger partial charge >= 0.3 is 0 Å². The molecule has 0 aliphatic heterocycles. The minimum atomic E-state index is -0.164. The van der Waals surface area contributed by atoms with Gasteiger partial charge in [-0.2, -0.15) is 0 Å². The van der Waals surface area contributed by atoms with Crippen molar-refractivity contribution in [1.29, 1.82) is 0 Å². The first-order chi connectivity index (χ1) is 11.6. The summed E-state index contributed by atoms with van der Waals surface area (Å²) in [5, 5.41) is 3.79. The van der Waals surface area contributed by atoms with Gasteiger partial charge in [0.2, 0.25) is 5.95 Å². The molecule has 1 unspecified atom stereocenters. The number of para-hydroxylation sites is 1.